The summed E-state index contributed by atoms with van der Waals surface area (Å²) in [7, 11) is 1.53. The first-order chi connectivity index (χ1) is 14.8. The number of thiocarbonyl (C=S) groups is 1. The molecule has 1 fully saturated rings. The van der Waals surface area contributed by atoms with Crippen LogP contribution in [0.25, 0.3) is 16.8 Å². The number of nitrogens with one attached hydrogen (secondary N) is 1. The molecular formula is C21H15ClN4O3S2. The Morgan fingerprint density at radius 1 is 1.16 bits per heavy atom. The Kier molecular flexibility index (Phi) is 5.90. The third kappa shape index (κ3) is 4.39. The summed E-state index contributed by atoms with van der Waals surface area (Å²) in [6.07, 6.45) is 1.56. The molecule has 0 aliphatic carbocycles. The van der Waals surface area contributed by atoms with Crippen LogP contribution < -0.4 is 11.0 Å². The molecule has 1 N–H and O–H groups in total. The molecule has 0 spiro atoms. The van der Waals surface area contributed by atoms with Gasteiger partial charge in [0.1, 0.15) is 0 Å². The highest BCUT2D eigenvalue weighted by Gasteiger charge is 2.33. The smallest absolute Gasteiger partial charge is 0.273 e. The van der Waals surface area contributed by atoms with E-state index in [9.17, 15) is 14.4 Å². The summed E-state index contributed by atoms with van der Waals surface area (Å²) in [6.45, 7) is 0. The quantitative estimate of drug-likeness (QED) is 0.466. The molecule has 7 nitrogen and oxygen atoms in total. The Labute approximate surface area is 191 Å². The molecule has 0 unspecified atom stereocenters. The van der Waals surface area contributed by atoms with Crippen LogP contribution in [0.3, 0.4) is 0 Å². The highest BCUT2D eigenvalue weighted by atomic mass is 35.5. The molecule has 156 valence electrons. The third-order valence-electron chi connectivity index (χ3n) is 4.56. The van der Waals surface area contributed by atoms with E-state index in [0.717, 1.165) is 22.3 Å². The monoisotopic (exact) mass is 470 g/mol. The van der Waals surface area contributed by atoms with Gasteiger partial charge in [-0.2, -0.15) is 10.1 Å². The van der Waals surface area contributed by atoms with Crippen LogP contribution in [0.2, 0.25) is 5.02 Å². The van der Waals surface area contributed by atoms with E-state index in [0.29, 0.717) is 26.4 Å². The average molecular weight is 471 g/mol. The summed E-state index contributed by atoms with van der Waals surface area (Å²) >= 11 is 12.2. The Balaban J connectivity index is 1.53. The molecule has 1 aliphatic heterocycles. The van der Waals surface area contributed by atoms with E-state index in [1.54, 1.807) is 54.6 Å². The predicted octanol–water partition coefficient (Wildman–Crippen LogP) is 3.06. The molecule has 4 rings (SSSR count). The van der Waals surface area contributed by atoms with Gasteiger partial charge in [0.2, 0.25) is 5.91 Å². The normalized spacial score (nSPS) is 15.2. The fourth-order valence-electron chi connectivity index (χ4n) is 3.10. The Hall–Kier alpha value is -3.01. The number of hydrogen-bond acceptors (Lipinski definition) is 6. The number of halogens is 1. The lowest BCUT2D eigenvalue weighted by molar-refractivity contribution is -0.132. The molecule has 0 saturated carbocycles. The zero-order valence-corrected chi connectivity index (χ0v) is 18.6. The minimum atomic E-state index is -0.472. The number of carbonyl (C=O) groups excluding carboxylic acids is 2. The maximum absolute atomic E-state index is 12.7. The molecule has 0 radical (unpaired) electrons. The number of benzene rings is 2. The number of rotatable bonds is 4. The molecule has 3 aromatic rings. The summed E-state index contributed by atoms with van der Waals surface area (Å²) in [6, 6.07) is 14.0. The van der Waals surface area contributed by atoms with Crippen molar-refractivity contribution in [2.45, 2.75) is 6.42 Å². The number of hydrogen-bond donors (Lipinski definition) is 1. The third-order valence-corrected chi connectivity index (χ3v) is 6.11. The van der Waals surface area contributed by atoms with Crippen LogP contribution in [0.4, 0.5) is 0 Å². The number of nitrogens with zero attached hydrogens (tertiary/aromatic N) is 3. The molecule has 1 aromatic heterocycles. The van der Waals surface area contributed by atoms with Crippen molar-refractivity contribution in [3.05, 3.63) is 80.1 Å². The molecule has 1 aliphatic rings. The lowest BCUT2D eigenvalue weighted by Crippen LogP contribution is -2.45. The number of aromatic nitrogens is 2. The van der Waals surface area contributed by atoms with Crippen LogP contribution in [0.1, 0.15) is 11.3 Å². The van der Waals surface area contributed by atoms with E-state index in [1.807, 2.05) is 0 Å². The second-order valence-electron chi connectivity index (χ2n) is 6.70. The summed E-state index contributed by atoms with van der Waals surface area (Å²) in [5.74, 6) is -0.892. The van der Waals surface area contributed by atoms with Crippen LogP contribution in [0, 0.1) is 0 Å². The minimum absolute atomic E-state index is 0.123. The number of aryl methyl sites for hydroxylation is 1. The first-order valence-corrected chi connectivity index (χ1v) is 10.7. The van der Waals surface area contributed by atoms with Crippen LogP contribution >= 0.6 is 35.6 Å². The second-order valence-corrected chi connectivity index (χ2v) is 8.81. The van der Waals surface area contributed by atoms with Gasteiger partial charge in [-0.1, -0.05) is 53.7 Å². The van der Waals surface area contributed by atoms with E-state index in [1.165, 1.54) is 11.7 Å². The summed E-state index contributed by atoms with van der Waals surface area (Å²) in [5.41, 5.74) is 3.51. The van der Waals surface area contributed by atoms with E-state index >= 15 is 0 Å². The number of hydrazine groups is 1. The summed E-state index contributed by atoms with van der Waals surface area (Å²) in [5, 5.41) is 6.92. The predicted molar refractivity (Wildman–Crippen MR) is 125 cm³/mol. The van der Waals surface area contributed by atoms with Crippen LogP contribution in [-0.4, -0.2) is 30.9 Å². The van der Waals surface area contributed by atoms with Crippen molar-refractivity contribution < 1.29 is 9.59 Å². The summed E-state index contributed by atoms with van der Waals surface area (Å²) in [4.78, 5) is 38.0. The van der Waals surface area contributed by atoms with Crippen molar-refractivity contribution in [3.63, 3.8) is 0 Å². The van der Waals surface area contributed by atoms with Crippen LogP contribution in [0.5, 0.6) is 0 Å². The molecule has 10 heteroatoms. The number of carbonyl (C=O) groups is 2. The average Bonchev–Trinajstić information content (AvgIpc) is 3.01. The molecule has 2 heterocycles. The highest BCUT2D eigenvalue weighted by molar-refractivity contribution is 8.26. The Morgan fingerprint density at radius 2 is 1.84 bits per heavy atom. The molecule has 0 atom stereocenters. The van der Waals surface area contributed by atoms with Crippen molar-refractivity contribution in [2.75, 3.05) is 0 Å². The van der Waals surface area contributed by atoms with E-state index in [2.05, 4.69) is 10.5 Å². The maximum Gasteiger partial charge on any atom is 0.285 e. The first-order valence-electron chi connectivity index (χ1n) is 9.11. The van der Waals surface area contributed by atoms with Crippen LogP contribution in [-0.2, 0) is 23.1 Å². The van der Waals surface area contributed by atoms with E-state index in [4.69, 9.17) is 23.8 Å². The summed E-state index contributed by atoms with van der Waals surface area (Å²) < 4.78 is 1.41. The van der Waals surface area contributed by atoms with Gasteiger partial charge in [0, 0.05) is 17.5 Å². The van der Waals surface area contributed by atoms with Gasteiger partial charge in [0.25, 0.3) is 11.5 Å². The lowest BCUT2D eigenvalue weighted by atomic mass is 10.1. The van der Waals surface area contributed by atoms with E-state index in [-0.39, 0.29) is 16.3 Å². The highest BCUT2D eigenvalue weighted by Crippen LogP contribution is 2.31. The number of amides is 2. The Bertz CT molecular complexity index is 1320. The van der Waals surface area contributed by atoms with Crippen LogP contribution in [0.15, 0.2) is 58.2 Å². The van der Waals surface area contributed by atoms with Gasteiger partial charge in [-0.15, -0.1) is 0 Å². The molecule has 2 amide bonds. The lowest BCUT2D eigenvalue weighted by Gasteiger charge is -2.16. The fourth-order valence-corrected chi connectivity index (χ4v) is 4.40. The van der Waals surface area contributed by atoms with Crippen molar-refractivity contribution in [1.29, 1.82) is 0 Å². The maximum atomic E-state index is 12.7. The first kappa shape index (κ1) is 21.2. The largest absolute Gasteiger partial charge is 0.285 e. The molecule has 31 heavy (non-hydrogen) atoms. The number of thioether (sulfide) groups is 1. The molecule has 0 bridgehead atoms. The zero-order chi connectivity index (χ0) is 22.1. The minimum Gasteiger partial charge on any atom is -0.273 e. The topological polar surface area (TPSA) is 84.3 Å². The van der Waals surface area contributed by atoms with Crippen molar-refractivity contribution in [3.8, 4) is 0 Å². The van der Waals surface area contributed by atoms with Gasteiger partial charge >= 0.3 is 0 Å². The van der Waals surface area contributed by atoms with Gasteiger partial charge in [-0.3, -0.25) is 19.8 Å². The van der Waals surface area contributed by atoms with Crippen molar-refractivity contribution >= 4 is 68.6 Å². The second kappa shape index (κ2) is 8.62. The Morgan fingerprint density at radius 3 is 2.55 bits per heavy atom. The standard InChI is InChI=1S/C21H15ClN4O3S2/c1-25-19(28)15-5-3-2-4-14(15)16(23-25)11-18(27)24-26-20(29)17(31-21(26)30)10-12-6-8-13(22)9-7-12/h2-10H,11H2,1H3,(H,24,27)/b17-10-. The van der Waals surface area contributed by atoms with Gasteiger partial charge in [0.15, 0.2) is 4.32 Å². The molecular weight excluding hydrogens is 456 g/mol. The van der Waals surface area contributed by atoms with Crippen molar-refractivity contribution in [2.24, 2.45) is 7.05 Å². The zero-order valence-electron chi connectivity index (χ0n) is 16.2. The number of fused-ring (bicyclic) bond motifs is 1. The van der Waals surface area contributed by atoms with Gasteiger partial charge < -0.3 is 0 Å². The van der Waals surface area contributed by atoms with Crippen molar-refractivity contribution in [1.82, 2.24) is 20.2 Å². The molecule has 1 saturated heterocycles. The fraction of sp³-hybridized carbons (Fsp3) is 0.0952. The van der Waals surface area contributed by atoms with Gasteiger partial charge in [0.05, 0.1) is 22.4 Å². The van der Waals surface area contributed by atoms with Gasteiger partial charge in [-0.05, 0) is 42.1 Å². The van der Waals surface area contributed by atoms with Gasteiger partial charge in [-0.25, -0.2) is 4.68 Å². The SMILES string of the molecule is Cn1nc(CC(=O)NN2C(=O)/C(=C/c3ccc(Cl)cc3)SC2=S)c2ccccc2c1=O. The van der Waals surface area contributed by atoms with E-state index < -0.39 is 11.8 Å². The molecule has 2 aromatic carbocycles.